The molecule has 1 heterocycles. The Morgan fingerprint density at radius 1 is 1.11 bits per heavy atom. The van der Waals surface area contributed by atoms with E-state index in [1.165, 1.54) is 19.3 Å². The highest BCUT2D eigenvalue weighted by atomic mass is 35.5. The molecule has 1 aromatic carbocycles. The van der Waals surface area contributed by atoms with E-state index in [9.17, 15) is 0 Å². The zero-order valence-electron chi connectivity index (χ0n) is 11.3. The van der Waals surface area contributed by atoms with Gasteiger partial charge in [-0.3, -0.25) is 0 Å². The first kappa shape index (κ1) is 14.2. The van der Waals surface area contributed by atoms with Crippen LogP contribution in [-0.2, 0) is 6.54 Å². The predicted molar refractivity (Wildman–Crippen MR) is 80.4 cm³/mol. The average molecular weight is 278 g/mol. The lowest BCUT2D eigenvalue weighted by Gasteiger charge is -2.02. The van der Waals surface area contributed by atoms with Gasteiger partial charge >= 0.3 is 0 Å². The maximum absolute atomic E-state index is 6.15. The summed E-state index contributed by atoms with van der Waals surface area (Å²) < 4.78 is 5.81. The molecule has 2 nitrogen and oxygen atoms in total. The van der Waals surface area contributed by atoms with E-state index < -0.39 is 0 Å². The smallest absolute Gasteiger partial charge is 0.135 e. The molecule has 0 saturated carbocycles. The molecule has 0 aliphatic heterocycles. The Balaban J connectivity index is 1.91. The third-order valence-corrected chi connectivity index (χ3v) is 3.39. The first-order valence-corrected chi connectivity index (χ1v) is 7.23. The highest BCUT2D eigenvalue weighted by Crippen LogP contribution is 2.28. The van der Waals surface area contributed by atoms with Crippen molar-refractivity contribution in [3.8, 4) is 11.3 Å². The number of halogens is 1. The molecule has 0 aliphatic carbocycles. The van der Waals surface area contributed by atoms with Crippen molar-refractivity contribution >= 4 is 11.6 Å². The second kappa shape index (κ2) is 7.37. The van der Waals surface area contributed by atoms with E-state index in [0.29, 0.717) is 0 Å². The Kier molecular flexibility index (Phi) is 5.49. The summed E-state index contributed by atoms with van der Waals surface area (Å²) in [5.41, 5.74) is 0.946. The fraction of sp³-hybridized carbons (Fsp3) is 0.375. The quantitative estimate of drug-likeness (QED) is 0.730. The minimum atomic E-state index is 0.722. The van der Waals surface area contributed by atoms with E-state index in [4.69, 9.17) is 16.0 Å². The molecule has 1 N–H and O–H groups in total. The topological polar surface area (TPSA) is 25.2 Å². The minimum absolute atomic E-state index is 0.722. The third kappa shape index (κ3) is 4.12. The van der Waals surface area contributed by atoms with Gasteiger partial charge in [0.1, 0.15) is 11.5 Å². The van der Waals surface area contributed by atoms with E-state index in [1.807, 2.05) is 36.4 Å². The van der Waals surface area contributed by atoms with Gasteiger partial charge in [-0.2, -0.15) is 0 Å². The summed E-state index contributed by atoms with van der Waals surface area (Å²) in [6.45, 7) is 4.02. The van der Waals surface area contributed by atoms with Crippen LogP contribution in [0.2, 0.25) is 5.02 Å². The van der Waals surface area contributed by atoms with Crippen LogP contribution in [0.5, 0.6) is 0 Å². The molecule has 102 valence electrons. The van der Waals surface area contributed by atoms with Crippen LogP contribution in [0.3, 0.4) is 0 Å². The number of hydrogen-bond donors (Lipinski definition) is 1. The van der Waals surface area contributed by atoms with Gasteiger partial charge in [-0.15, -0.1) is 0 Å². The van der Waals surface area contributed by atoms with Gasteiger partial charge in [0.25, 0.3) is 0 Å². The first-order valence-electron chi connectivity index (χ1n) is 6.85. The highest BCUT2D eigenvalue weighted by Gasteiger charge is 2.07. The fourth-order valence-corrected chi connectivity index (χ4v) is 2.22. The van der Waals surface area contributed by atoms with E-state index in [-0.39, 0.29) is 0 Å². The number of hydrogen-bond acceptors (Lipinski definition) is 2. The Morgan fingerprint density at radius 2 is 1.95 bits per heavy atom. The van der Waals surface area contributed by atoms with Crippen LogP contribution < -0.4 is 5.32 Å². The molecule has 0 amide bonds. The molecule has 0 radical (unpaired) electrons. The lowest BCUT2D eigenvalue weighted by Crippen LogP contribution is -2.13. The maximum atomic E-state index is 6.15. The molecule has 1 aromatic heterocycles. The van der Waals surface area contributed by atoms with Crippen LogP contribution in [0, 0.1) is 0 Å². The summed E-state index contributed by atoms with van der Waals surface area (Å²) in [5, 5.41) is 4.11. The average Bonchev–Trinajstić information content (AvgIpc) is 2.88. The van der Waals surface area contributed by atoms with Crippen molar-refractivity contribution < 1.29 is 4.42 Å². The summed E-state index contributed by atoms with van der Waals surface area (Å²) in [5.74, 6) is 1.78. The fourth-order valence-electron chi connectivity index (χ4n) is 1.99. The predicted octanol–water partition coefficient (Wildman–Crippen LogP) is 4.88. The summed E-state index contributed by atoms with van der Waals surface area (Å²) in [4.78, 5) is 0. The lowest BCUT2D eigenvalue weighted by atomic mass is 10.2. The zero-order chi connectivity index (χ0) is 13.5. The third-order valence-electron chi connectivity index (χ3n) is 3.06. The standard InChI is InChI=1S/C16H20ClNO/c1-2-3-6-11-18-12-13-9-10-16(19-13)14-7-4-5-8-15(14)17/h4-5,7-10,18H,2-3,6,11-12H2,1H3. The van der Waals surface area contributed by atoms with Gasteiger partial charge in [0.2, 0.25) is 0 Å². The molecule has 0 unspecified atom stereocenters. The Hall–Kier alpha value is -1.25. The molecule has 3 heteroatoms. The Labute approximate surface area is 119 Å². The number of benzene rings is 1. The van der Waals surface area contributed by atoms with Gasteiger partial charge in [0, 0.05) is 5.56 Å². The second-order valence-electron chi connectivity index (χ2n) is 4.63. The molecule has 2 aromatic rings. The van der Waals surface area contributed by atoms with Crippen LogP contribution in [0.4, 0.5) is 0 Å². The van der Waals surface area contributed by atoms with Crippen molar-refractivity contribution in [3.05, 3.63) is 47.2 Å². The highest BCUT2D eigenvalue weighted by molar-refractivity contribution is 6.33. The molecular formula is C16H20ClNO. The molecule has 19 heavy (non-hydrogen) atoms. The second-order valence-corrected chi connectivity index (χ2v) is 5.04. The molecule has 0 saturated heterocycles. The van der Waals surface area contributed by atoms with Crippen molar-refractivity contribution in [2.24, 2.45) is 0 Å². The Bertz CT molecular complexity index is 507. The van der Waals surface area contributed by atoms with E-state index in [0.717, 1.165) is 35.2 Å². The van der Waals surface area contributed by atoms with Crippen molar-refractivity contribution in [2.45, 2.75) is 32.7 Å². The normalized spacial score (nSPS) is 10.8. The van der Waals surface area contributed by atoms with Gasteiger partial charge < -0.3 is 9.73 Å². The van der Waals surface area contributed by atoms with Gasteiger partial charge in [0.05, 0.1) is 11.6 Å². The van der Waals surface area contributed by atoms with Crippen molar-refractivity contribution in [1.82, 2.24) is 5.32 Å². The zero-order valence-corrected chi connectivity index (χ0v) is 12.0. The summed E-state index contributed by atoms with van der Waals surface area (Å²) in [7, 11) is 0. The first-order chi connectivity index (χ1) is 9.31. The number of unbranched alkanes of at least 4 members (excludes halogenated alkanes) is 2. The van der Waals surface area contributed by atoms with Crippen LogP contribution in [0.15, 0.2) is 40.8 Å². The van der Waals surface area contributed by atoms with Gasteiger partial charge in [-0.1, -0.05) is 43.5 Å². The van der Waals surface area contributed by atoms with Gasteiger partial charge in [0.15, 0.2) is 0 Å². The largest absolute Gasteiger partial charge is 0.460 e. The summed E-state index contributed by atoms with van der Waals surface area (Å²) >= 11 is 6.15. The van der Waals surface area contributed by atoms with Crippen LogP contribution in [-0.4, -0.2) is 6.54 Å². The molecular weight excluding hydrogens is 258 g/mol. The molecule has 0 aliphatic rings. The SMILES string of the molecule is CCCCCNCc1ccc(-c2ccccc2Cl)o1. The van der Waals surface area contributed by atoms with Crippen LogP contribution in [0.1, 0.15) is 31.9 Å². The summed E-state index contributed by atoms with van der Waals surface area (Å²) in [6.07, 6.45) is 3.74. The molecule has 0 bridgehead atoms. The van der Waals surface area contributed by atoms with E-state index in [2.05, 4.69) is 12.2 Å². The molecule has 0 atom stereocenters. The molecule has 0 fully saturated rings. The van der Waals surface area contributed by atoms with Crippen molar-refractivity contribution in [3.63, 3.8) is 0 Å². The Morgan fingerprint density at radius 3 is 2.74 bits per heavy atom. The minimum Gasteiger partial charge on any atom is -0.460 e. The number of nitrogens with one attached hydrogen (secondary N) is 1. The lowest BCUT2D eigenvalue weighted by molar-refractivity contribution is 0.488. The number of furan rings is 1. The van der Waals surface area contributed by atoms with Gasteiger partial charge in [-0.05, 0) is 37.2 Å². The number of rotatable bonds is 7. The molecule has 0 spiro atoms. The van der Waals surface area contributed by atoms with E-state index in [1.54, 1.807) is 0 Å². The van der Waals surface area contributed by atoms with E-state index >= 15 is 0 Å². The molecule has 2 rings (SSSR count). The maximum Gasteiger partial charge on any atom is 0.135 e. The van der Waals surface area contributed by atoms with Crippen LogP contribution in [0.25, 0.3) is 11.3 Å². The van der Waals surface area contributed by atoms with Crippen LogP contribution >= 0.6 is 11.6 Å². The monoisotopic (exact) mass is 277 g/mol. The van der Waals surface area contributed by atoms with Crippen molar-refractivity contribution in [1.29, 1.82) is 0 Å². The van der Waals surface area contributed by atoms with Crippen molar-refractivity contribution in [2.75, 3.05) is 6.54 Å². The summed E-state index contributed by atoms with van der Waals surface area (Å²) in [6, 6.07) is 11.7. The van der Waals surface area contributed by atoms with Gasteiger partial charge in [-0.25, -0.2) is 0 Å².